The molecule has 1 aliphatic rings. The number of aromatic nitrogens is 2. The van der Waals surface area contributed by atoms with E-state index < -0.39 is 5.67 Å². The topological polar surface area (TPSA) is 43.8 Å². The van der Waals surface area contributed by atoms with Crippen molar-refractivity contribution in [2.24, 2.45) is 5.73 Å². The van der Waals surface area contributed by atoms with Crippen LogP contribution in [0.15, 0.2) is 6.20 Å². The molecule has 96 valence electrons. The minimum atomic E-state index is -1.40. The van der Waals surface area contributed by atoms with Gasteiger partial charge in [-0.2, -0.15) is 5.10 Å². The molecule has 5 heteroatoms. The Morgan fingerprint density at radius 3 is 3.12 bits per heavy atom. The maximum absolute atomic E-state index is 15.0. The number of hydrogen-bond acceptors (Lipinski definition) is 2. The molecule has 0 bridgehead atoms. The number of halogens is 2. The molecule has 2 unspecified atom stereocenters. The summed E-state index contributed by atoms with van der Waals surface area (Å²) in [5, 5.41) is 4.58. The van der Waals surface area contributed by atoms with E-state index in [1.807, 2.05) is 6.92 Å². The summed E-state index contributed by atoms with van der Waals surface area (Å²) in [6.07, 6.45) is 5.00. The van der Waals surface area contributed by atoms with Crippen LogP contribution in [-0.2, 0) is 12.2 Å². The Morgan fingerprint density at radius 2 is 2.47 bits per heavy atom. The highest BCUT2D eigenvalue weighted by molar-refractivity contribution is 6.31. The van der Waals surface area contributed by atoms with Crippen LogP contribution >= 0.6 is 11.6 Å². The first-order valence-electron chi connectivity index (χ1n) is 6.23. The Morgan fingerprint density at radius 1 is 1.71 bits per heavy atom. The van der Waals surface area contributed by atoms with Gasteiger partial charge in [-0.1, -0.05) is 18.5 Å². The summed E-state index contributed by atoms with van der Waals surface area (Å²) in [7, 11) is 0. The Balaban J connectivity index is 2.33. The van der Waals surface area contributed by atoms with E-state index in [2.05, 4.69) is 5.10 Å². The summed E-state index contributed by atoms with van der Waals surface area (Å²) < 4.78 is 16.7. The lowest BCUT2D eigenvalue weighted by Gasteiger charge is -2.33. The summed E-state index contributed by atoms with van der Waals surface area (Å²) in [6.45, 7) is 2.74. The molecule has 3 nitrogen and oxygen atoms in total. The number of rotatable bonds is 3. The number of hydrogen-bond donors (Lipinski definition) is 1. The molecule has 2 atom stereocenters. The van der Waals surface area contributed by atoms with Crippen LogP contribution in [0, 0.1) is 0 Å². The molecule has 0 amide bonds. The zero-order valence-corrected chi connectivity index (χ0v) is 10.9. The molecule has 1 aromatic heterocycles. The molecule has 0 aliphatic heterocycles. The molecule has 0 radical (unpaired) electrons. The molecule has 1 saturated carbocycles. The molecule has 1 aliphatic carbocycles. The molecule has 2 N–H and O–H groups in total. The van der Waals surface area contributed by atoms with Crippen molar-refractivity contribution in [1.82, 2.24) is 9.78 Å². The van der Waals surface area contributed by atoms with Crippen molar-refractivity contribution in [3.05, 3.63) is 16.9 Å². The molecule has 1 heterocycles. The highest BCUT2D eigenvalue weighted by Crippen LogP contribution is 2.43. The fraction of sp³-hybridized carbons (Fsp3) is 0.750. The van der Waals surface area contributed by atoms with E-state index in [9.17, 15) is 0 Å². The van der Waals surface area contributed by atoms with Gasteiger partial charge in [0.25, 0.3) is 0 Å². The molecule has 1 fully saturated rings. The summed E-state index contributed by atoms with van der Waals surface area (Å²) >= 11 is 6.09. The van der Waals surface area contributed by atoms with E-state index in [-0.39, 0.29) is 6.04 Å². The van der Waals surface area contributed by atoms with Gasteiger partial charge in [-0.15, -0.1) is 0 Å². The van der Waals surface area contributed by atoms with Crippen molar-refractivity contribution >= 4 is 11.6 Å². The van der Waals surface area contributed by atoms with Gasteiger partial charge < -0.3 is 5.73 Å². The van der Waals surface area contributed by atoms with Gasteiger partial charge in [-0.25, -0.2) is 4.39 Å². The van der Waals surface area contributed by atoms with Gasteiger partial charge in [0.05, 0.1) is 16.9 Å². The molecule has 0 aromatic carbocycles. The highest BCUT2D eigenvalue weighted by atomic mass is 35.5. The predicted molar refractivity (Wildman–Crippen MR) is 66.8 cm³/mol. The number of alkyl halides is 1. The van der Waals surface area contributed by atoms with E-state index in [1.54, 1.807) is 4.68 Å². The first-order chi connectivity index (χ1) is 8.07. The summed E-state index contributed by atoms with van der Waals surface area (Å²) in [6, 6.07) is -0.0743. The second kappa shape index (κ2) is 4.94. The monoisotopic (exact) mass is 259 g/mol. The third-order valence-corrected chi connectivity index (χ3v) is 3.66. The van der Waals surface area contributed by atoms with Crippen molar-refractivity contribution in [3.8, 4) is 0 Å². The Labute approximate surface area is 106 Å². The highest BCUT2D eigenvalue weighted by Gasteiger charge is 2.41. The average molecular weight is 260 g/mol. The number of aryl methyl sites for hydroxylation is 1. The minimum Gasteiger partial charge on any atom is -0.328 e. The fourth-order valence-electron chi connectivity index (χ4n) is 2.67. The molecule has 2 rings (SSSR count). The SMILES string of the molecule is CCCn1ncc(Cl)c1C1(F)CCCC(N)C1. The Hall–Kier alpha value is -0.610. The molecular weight excluding hydrogens is 241 g/mol. The van der Waals surface area contributed by atoms with E-state index in [1.165, 1.54) is 6.20 Å². The maximum Gasteiger partial charge on any atom is 0.155 e. The first-order valence-corrected chi connectivity index (χ1v) is 6.61. The standard InChI is InChI=1S/C12H19ClFN3/c1-2-6-17-11(10(13)8-16-17)12(14)5-3-4-9(15)7-12/h8-9H,2-7,15H2,1H3. The predicted octanol–water partition coefficient (Wildman–Crippen LogP) is 3.01. The molecule has 1 aromatic rings. The molecule has 0 spiro atoms. The summed E-state index contributed by atoms with van der Waals surface area (Å²) in [4.78, 5) is 0. The van der Waals surface area contributed by atoms with Gasteiger partial charge in [-0.05, 0) is 25.7 Å². The van der Waals surface area contributed by atoms with Crippen LogP contribution in [0.2, 0.25) is 5.02 Å². The van der Waals surface area contributed by atoms with Gasteiger partial charge in [0, 0.05) is 19.0 Å². The quantitative estimate of drug-likeness (QED) is 0.907. The first kappa shape index (κ1) is 12.8. The molecule has 0 saturated heterocycles. The Bertz CT molecular complexity index is 393. The van der Waals surface area contributed by atoms with Crippen LogP contribution in [0.5, 0.6) is 0 Å². The third kappa shape index (κ3) is 2.47. The second-order valence-electron chi connectivity index (χ2n) is 4.89. The van der Waals surface area contributed by atoms with Gasteiger partial charge in [0.2, 0.25) is 0 Å². The lowest BCUT2D eigenvalue weighted by atomic mass is 9.81. The average Bonchev–Trinajstić information content (AvgIpc) is 2.60. The smallest absolute Gasteiger partial charge is 0.155 e. The number of nitrogens with zero attached hydrogens (tertiary/aromatic N) is 2. The maximum atomic E-state index is 15.0. The lowest BCUT2D eigenvalue weighted by molar-refractivity contribution is 0.0839. The fourth-order valence-corrected chi connectivity index (χ4v) is 2.98. The van der Waals surface area contributed by atoms with Gasteiger partial charge in [-0.3, -0.25) is 4.68 Å². The zero-order chi connectivity index (χ0) is 12.5. The van der Waals surface area contributed by atoms with E-state index in [0.29, 0.717) is 30.1 Å². The van der Waals surface area contributed by atoms with Crippen molar-refractivity contribution in [3.63, 3.8) is 0 Å². The van der Waals surface area contributed by atoms with Crippen molar-refractivity contribution in [2.75, 3.05) is 0 Å². The zero-order valence-electron chi connectivity index (χ0n) is 10.1. The van der Waals surface area contributed by atoms with Crippen LogP contribution in [0.4, 0.5) is 4.39 Å². The third-order valence-electron chi connectivity index (χ3n) is 3.39. The minimum absolute atomic E-state index is 0.0743. The largest absolute Gasteiger partial charge is 0.328 e. The van der Waals surface area contributed by atoms with Crippen LogP contribution < -0.4 is 5.73 Å². The second-order valence-corrected chi connectivity index (χ2v) is 5.29. The van der Waals surface area contributed by atoms with Crippen molar-refractivity contribution in [1.29, 1.82) is 0 Å². The van der Waals surface area contributed by atoms with Crippen molar-refractivity contribution < 1.29 is 4.39 Å². The molecule has 17 heavy (non-hydrogen) atoms. The van der Waals surface area contributed by atoms with Crippen molar-refractivity contribution in [2.45, 2.75) is 57.3 Å². The molecular formula is C12H19ClFN3. The number of nitrogens with two attached hydrogens (primary N) is 1. The van der Waals surface area contributed by atoms with E-state index in [4.69, 9.17) is 17.3 Å². The Kier molecular flexibility index (Phi) is 3.73. The van der Waals surface area contributed by atoms with Crippen LogP contribution in [-0.4, -0.2) is 15.8 Å². The summed E-state index contributed by atoms with van der Waals surface area (Å²) in [5.74, 6) is 0. The van der Waals surface area contributed by atoms with Crippen LogP contribution in [0.3, 0.4) is 0 Å². The van der Waals surface area contributed by atoms with E-state index >= 15 is 4.39 Å². The van der Waals surface area contributed by atoms with E-state index in [0.717, 1.165) is 19.3 Å². The van der Waals surface area contributed by atoms with Gasteiger partial charge in [0.1, 0.15) is 0 Å². The normalized spacial score (nSPS) is 29.5. The van der Waals surface area contributed by atoms with Crippen LogP contribution in [0.1, 0.15) is 44.7 Å². The van der Waals surface area contributed by atoms with Gasteiger partial charge in [0.15, 0.2) is 5.67 Å². The summed E-state index contributed by atoms with van der Waals surface area (Å²) in [5.41, 5.74) is 5.00. The lowest BCUT2D eigenvalue weighted by Crippen LogP contribution is -2.37. The van der Waals surface area contributed by atoms with Crippen LogP contribution in [0.25, 0.3) is 0 Å². The van der Waals surface area contributed by atoms with Gasteiger partial charge >= 0.3 is 0 Å².